The van der Waals surface area contributed by atoms with Crippen molar-refractivity contribution in [1.82, 2.24) is 10.2 Å². The lowest BCUT2D eigenvalue weighted by Gasteiger charge is -2.28. The van der Waals surface area contributed by atoms with Crippen molar-refractivity contribution in [1.29, 1.82) is 0 Å². The van der Waals surface area contributed by atoms with Crippen LogP contribution in [-0.4, -0.2) is 77.5 Å². The molecule has 7 rings (SSSR count). The molecule has 13 heteroatoms. The van der Waals surface area contributed by atoms with Crippen LogP contribution < -0.4 is 15.5 Å². The maximum atomic E-state index is 14.1. The number of nitrogens with one attached hydrogen (secondary N) is 2. The van der Waals surface area contributed by atoms with E-state index in [2.05, 4.69) is 20.4 Å². The fourth-order valence-electron chi connectivity index (χ4n) is 7.82. The normalized spacial score (nSPS) is 20.5. The molecule has 2 amide bonds. The first-order valence-corrected chi connectivity index (χ1v) is 19.4. The molecule has 0 aromatic heterocycles. The van der Waals surface area contributed by atoms with E-state index in [9.17, 15) is 33.9 Å². The molecule has 3 unspecified atom stereocenters. The summed E-state index contributed by atoms with van der Waals surface area (Å²) in [7, 11) is 0. The van der Waals surface area contributed by atoms with Crippen LogP contribution >= 0.6 is 0 Å². The number of allylic oxidation sites excluding steroid dienone is 3. The van der Waals surface area contributed by atoms with Crippen molar-refractivity contribution in [2.24, 2.45) is 0 Å². The van der Waals surface area contributed by atoms with Crippen molar-refractivity contribution >= 4 is 52.3 Å². The molecule has 0 spiro atoms. The number of carbonyl (C=O) groups excluding carboxylic acids is 6. The Morgan fingerprint density at radius 2 is 1.24 bits per heavy atom. The number of hydrogen-bond donors (Lipinski definition) is 3. The van der Waals surface area contributed by atoms with Gasteiger partial charge < -0.3 is 30.1 Å². The largest absolute Gasteiger partial charge is 0.506 e. The number of benzene rings is 3. The molecule has 4 aliphatic rings. The number of rotatable bonds is 11. The van der Waals surface area contributed by atoms with Crippen molar-refractivity contribution in [3.8, 4) is 0 Å². The van der Waals surface area contributed by atoms with Gasteiger partial charge in [0.25, 0.3) is 11.8 Å². The van der Waals surface area contributed by atoms with Crippen molar-refractivity contribution in [2.75, 3.05) is 36.4 Å². The van der Waals surface area contributed by atoms with E-state index in [4.69, 9.17) is 9.47 Å². The predicted octanol–water partition coefficient (Wildman–Crippen LogP) is 5.59. The number of likely N-dealkylation sites (tertiary alicyclic amines) is 1. The summed E-state index contributed by atoms with van der Waals surface area (Å²) in [6.45, 7) is 5.53. The fraction of sp³-hybridized carbons (Fsp3) is 0.289. The van der Waals surface area contributed by atoms with Gasteiger partial charge >= 0.3 is 11.9 Å². The molecule has 0 saturated carbocycles. The molecule has 2 heterocycles. The van der Waals surface area contributed by atoms with E-state index < -0.39 is 53.3 Å². The zero-order valence-corrected chi connectivity index (χ0v) is 32.2. The highest BCUT2D eigenvalue weighted by Crippen LogP contribution is 2.41. The van der Waals surface area contributed by atoms with Crippen molar-refractivity contribution < 1.29 is 43.3 Å². The number of hydrogen-bond acceptors (Lipinski definition) is 11. The summed E-state index contributed by atoms with van der Waals surface area (Å²) < 4.78 is 10.9. The molecule has 13 nitrogen and oxygen atoms in total. The lowest BCUT2D eigenvalue weighted by Crippen LogP contribution is -2.36. The summed E-state index contributed by atoms with van der Waals surface area (Å²) in [6, 6.07) is 21.6. The van der Waals surface area contributed by atoms with Crippen LogP contribution in [0.25, 0.3) is 5.57 Å². The molecule has 3 aromatic rings. The van der Waals surface area contributed by atoms with Gasteiger partial charge in [0.2, 0.25) is 23.8 Å². The Bertz CT molecular complexity index is 2270. The van der Waals surface area contributed by atoms with Crippen molar-refractivity contribution in [2.45, 2.75) is 57.8 Å². The Kier molecular flexibility index (Phi) is 11.8. The smallest absolute Gasteiger partial charge is 0.303 e. The quantitative estimate of drug-likeness (QED) is 0.126. The average Bonchev–Trinajstić information content (AvgIpc) is 4.00. The van der Waals surface area contributed by atoms with Crippen molar-refractivity contribution in [3.63, 3.8) is 0 Å². The minimum Gasteiger partial charge on any atom is -0.506 e. The Morgan fingerprint density at radius 1 is 0.707 bits per heavy atom. The van der Waals surface area contributed by atoms with E-state index in [0.717, 1.165) is 57.5 Å². The van der Waals surface area contributed by atoms with Gasteiger partial charge in [0.1, 0.15) is 5.76 Å². The molecular weight excluding hydrogens is 741 g/mol. The van der Waals surface area contributed by atoms with Gasteiger partial charge in [-0.1, -0.05) is 72.8 Å². The number of ether oxygens (including phenoxy) is 2. The first-order valence-electron chi connectivity index (χ1n) is 19.4. The Balaban J connectivity index is 1.31. The van der Waals surface area contributed by atoms with Gasteiger partial charge in [-0.05, 0) is 63.0 Å². The van der Waals surface area contributed by atoms with E-state index >= 15 is 0 Å². The summed E-state index contributed by atoms with van der Waals surface area (Å²) in [5, 5.41) is 17.7. The third-order valence-electron chi connectivity index (χ3n) is 10.6. The number of Topliss-reactive ketones (excluding diaryl/α,β-unsaturated/α-hetero) is 2. The summed E-state index contributed by atoms with van der Waals surface area (Å²) >= 11 is 0. The van der Waals surface area contributed by atoms with Crippen LogP contribution in [0.2, 0.25) is 0 Å². The summed E-state index contributed by atoms with van der Waals surface area (Å²) in [5.41, 5.74) is 1.30. The van der Waals surface area contributed by atoms with E-state index in [0.29, 0.717) is 11.1 Å². The summed E-state index contributed by atoms with van der Waals surface area (Å²) in [6.07, 6.45) is 6.40. The summed E-state index contributed by atoms with van der Waals surface area (Å²) in [5.74, 6) is -5.47. The van der Waals surface area contributed by atoms with Gasteiger partial charge in [0, 0.05) is 66.6 Å². The SMILES string of the molecule is CC(=O)OC(C(=O)NC1=CC(N2CCCC2)C=C/C1=C1\C(=O)C(=O)C(c2ccc(N3CCCC3)cc2NC(=O)C(OC(C)=O)c2ccccc2)=C1O)c1ccccc1. The van der Waals surface area contributed by atoms with E-state index in [1.165, 1.54) is 13.8 Å². The number of aliphatic hydroxyl groups excluding tert-OH is 1. The molecule has 0 bridgehead atoms. The highest BCUT2D eigenvalue weighted by Gasteiger charge is 2.42. The van der Waals surface area contributed by atoms with Crippen LogP contribution in [0.5, 0.6) is 0 Å². The van der Waals surface area contributed by atoms with Gasteiger partial charge in [0.05, 0.1) is 16.8 Å². The Morgan fingerprint density at radius 3 is 1.81 bits per heavy atom. The van der Waals surface area contributed by atoms with Gasteiger partial charge in [-0.3, -0.25) is 33.7 Å². The van der Waals surface area contributed by atoms with Crippen molar-refractivity contribution in [3.05, 3.63) is 136 Å². The molecule has 3 N–H and O–H groups in total. The molecule has 3 atom stereocenters. The molecule has 2 fully saturated rings. The molecule has 3 aromatic carbocycles. The van der Waals surface area contributed by atoms with E-state index in [1.807, 2.05) is 6.08 Å². The Labute approximate surface area is 335 Å². The molecule has 2 saturated heterocycles. The van der Waals surface area contributed by atoms with Gasteiger partial charge in [-0.2, -0.15) is 0 Å². The predicted molar refractivity (Wildman–Crippen MR) is 215 cm³/mol. The molecule has 58 heavy (non-hydrogen) atoms. The van der Waals surface area contributed by atoms with Crippen LogP contribution in [-0.2, 0) is 38.2 Å². The molecule has 2 aliphatic heterocycles. The number of carbonyl (C=O) groups is 6. The Hall–Kier alpha value is -6.60. The lowest BCUT2D eigenvalue weighted by molar-refractivity contribution is -0.154. The second-order valence-corrected chi connectivity index (χ2v) is 14.5. The van der Waals surface area contributed by atoms with Crippen LogP contribution in [0.3, 0.4) is 0 Å². The molecule has 2 aliphatic carbocycles. The zero-order chi connectivity index (χ0) is 40.9. The van der Waals surface area contributed by atoms with Crippen LogP contribution in [0.4, 0.5) is 11.4 Å². The highest BCUT2D eigenvalue weighted by atomic mass is 16.6. The second-order valence-electron chi connectivity index (χ2n) is 14.5. The average molecular weight is 785 g/mol. The number of aliphatic hydroxyl groups is 1. The number of esters is 2. The number of nitrogens with zero attached hydrogens (tertiary/aromatic N) is 2. The van der Waals surface area contributed by atoms with E-state index in [1.54, 1.807) is 91.0 Å². The third-order valence-corrected chi connectivity index (χ3v) is 10.6. The van der Waals surface area contributed by atoms with E-state index in [-0.39, 0.29) is 39.7 Å². The molecule has 0 radical (unpaired) electrons. The first kappa shape index (κ1) is 39.6. The standard InChI is InChI=1S/C45H44N4O9/c1-27(50)57-42(29-13-5-3-6-14-29)44(55)46-35-25-31(48-21-9-10-22-48)17-19-33(35)37-39(52)38(41(54)40(37)53)34-20-18-32(49-23-11-12-24-49)26-36(34)47-45(56)43(58-28(2)51)30-15-7-4-8-16-30/h3-8,13-20,25-26,31,42-43,52H,9-12,21-24H2,1-2H3,(H,46,55)(H,47,56)/b37-33+. The van der Waals surface area contributed by atoms with Crippen LogP contribution in [0.1, 0.15) is 68.4 Å². The van der Waals surface area contributed by atoms with Gasteiger partial charge in [0.15, 0.2) is 0 Å². The highest BCUT2D eigenvalue weighted by molar-refractivity contribution is 6.63. The van der Waals surface area contributed by atoms with Crippen LogP contribution in [0, 0.1) is 0 Å². The minimum absolute atomic E-state index is 0.0701. The maximum Gasteiger partial charge on any atom is 0.303 e. The first-order chi connectivity index (χ1) is 28.0. The van der Waals surface area contributed by atoms with Gasteiger partial charge in [-0.15, -0.1) is 0 Å². The topological polar surface area (TPSA) is 172 Å². The third kappa shape index (κ3) is 8.40. The fourth-order valence-corrected chi connectivity index (χ4v) is 7.82. The lowest BCUT2D eigenvalue weighted by atomic mass is 9.94. The van der Waals surface area contributed by atoms with Crippen LogP contribution in [0.15, 0.2) is 120 Å². The van der Waals surface area contributed by atoms with Gasteiger partial charge in [-0.25, -0.2) is 0 Å². The minimum atomic E-state index is -1.35. The zero-order valence-electron chi connectivity index (χ0n) is 32.2. The maximum absolute atomic E-state index is 14.1. The molecule has 298 valence electrons. The monoisotopic (exact) mass is 784 g/mol. The number of ketones is 2. The number of amides is 2. The number of anilines is 2. The molecular formula is C45H44N4O9. The second kappa shape index (κ2) is 17.3. The summed E-state index contributed by atoms with van der Waals surface area (Å²) in [4.78, 5) is 84.7.